The highest BCUT2D eigenvalue weighted by Crippen LogP contribution is 2.51. The molecule has 4 aromatic rings. The van der Waals surface area contributed by atoms with E-state index in [9.17, 15) is 5.11 Å². The molecule has 0 radical (unpaired) electrons. The van der Waals surface area contributed by atoms with E-state index in [0.29, 0.717) is 20.2 Å². The van der Waals surface area contributed by atoms with Crippen molar-refractivity contribution in [3.05, 3.63) is 119 Å². The van der Waals surface area contributed by atoms with Gasteiger partial charge >= 0.3 is 0 Å². The van der Waals surface area contributed by atoms with Crippen molar-refractivity contribution in [1.29, 1.82) is 0 Å². The van der Waals surface area contributed by atoms with Gasteiger partial charge in [0.05, 0.1) is 0 Å². The number of nitrogens with zero attached hydrogens (tertiary/aromatic N) is 1. The van der Waals surface area contributed by atoms with Gasteiger partial charge in [-0.1, -0.05) is 135 Å². The second-order valence-corrected chi connectivity index (χ2v) is 13.9. The molecule has 0 amide bonds. The second-order valence-electron chi connectivity index (χ2n) is 12.0. The van der Waals surface area contributed by atoms with Crippen LogP contribution in [0.4, 0.5) is 11.4 Å². The number of phenols is 1. The van der Waals surface area contributed by atoms with Crippen molar-refractivity contribution >= 4 is 25.3 Å². The van der Waals surface area contributed by atoms with Gasteiger partial charge in [-0.2, -0.15) is 0 Å². The summed E-state index contributed by atoms with van der Waals surface area (Å²) in [4.78, 5) is 2.39. The number of hydrogen-bond acceptors (Lipinski definition) is 2. The van der Waals surface area contributed by atoms with Gasteiger partial charge in [0, 0.05) is 34.2 Å². The quantitative estimate of drug-likeness (QED) is 0.188. The normalized spacial score (nSPS) is 14.3. The Bertz CT molecular complexity index is 1360. The summed E-state index contributed by atoms with van der Waals surface area (Å²) in [6, 6.07) is 34.6. The number of rotatable bonds is 11. The lowest BCUT2D eigenvalue weighted by Gasteiger charge is -2.37. The molecule has 40 heavy (non-hydrogen) atoms. The summed E-state index contributed by atoms with van der Waals surface area (Å²) >= 11 is 0. The first kappa shape index (κ1) is 29.9. The molecule has 0 bridgehead atoms. The van der Waals surface area contributed by atoms with Gasteiger partial charge < -0.3 is 10.0 Å². The number of aryl methyl sites for hydroxylation is 1. The van der Waals surface area contributed by atoms with Gasteiger partial charge in [-0.05, 0) is 59.8 Å². The molecular formula is C37H46NOP. The second kappa shape index (κ2) is 12.6. The molecule has 3 atom stereocenters. The molecule has 3 unspecified atom stereocenters. The van der Waals surface area contributed by atoms with Crippen LogP contribution >= 0.6 is 8.58 Å². The van der Waals surface area contributed by atoms with E-state index in [2.05, 4.69) is 150 Å². The van der Waals surface area contributed by atoms with E-state index in [4.69, 9.17) is 0 Å². The summed E-state index contributed by atoms with van der Waals surface area (Å²) < 4.78 is 0. The molecule has 0 saturated heterocycles. The van der Waals surface area contributed by atoms with E-state index in [0.717, 1.165) is 30.5 Å². The van der Waals surface area contributed by atoms with Crippen LogP contribution in [0.3, 0.4) is 0 Å². The van der Waals surface area contributed by atoms with Crippen LogP contribution in [0.5, 0.6) is 5.75 Å². The SMILES string of the molecule is CCC(C)C(C)(C)c1cc(C)cc(C(C)(CC)Pc2ccccc2CN(c2ccccc2)c2ccccc2)c1O. The Balaban J connectivity index is 1.75. The molecule has 1 N–H and O–H groups in total. The molecule has 2 nitrogen and oxygen atoms in total. The van der Waals surface area contributed by atoms with Gasteiger partial charge in [0.15, 0.2) is 0 Å². The van der Waals surface area contributed by atoms with Crippen molar-refractivity contribution in [1.82, 2.24) is 0 Å². The predicted octanol–water partition coefficient (Wildman–Crippen LogP) is 9.99. The van der Waals surface area contributed by atoms with Gasteiger partial charge in [0.1, 0.15) is 5.75 Å². The minimum atomic E-state index is -0.184. The largest absolute Gasteiger partial charge is 0.507 e. The minimum absolute atomic E-state index is 0.110. The van der Waals surface area contributed by atoms with Crippen molar-refractivity contribution in [2.45, 2.75) is 78.4 Å². The number of benzene rings is 4. The van der Waals surface area contributed by atoms with Crippen LogP contribution in [0.25, 0.3) is 0 Å². The monoisotopic (exact) mass is 551 g/mol. The average Bonchev–Trinajstić information content (AvgIpc) is 2.97. The molecule has 4 aromatic carbocycles. The third-order valence-electron chi connectivity index (χ3n) is 8.99. The Morgan fingerprint density at radius 3 is 1.85 bits per heavy atom. The van der Waals surface area contributed by atoms with E-state index in [1.165, 1.54) is 27.8 Å². The van der Waals surface area contributed by atoms with Gasteiger partial charge in [-0.25, -0.2) is 0 Å². The van der Waals surface area contributed by atoms with Crippen LogP contribution in [0.15, 0.2) is 97.1 Å². The molecule has 0 aromatic heterocycles. The smallest absolute Gasteiger partial charge is 0.123 e. The van der Waals surface area contributed by atoms with Gasteiger partial charge in [0.2, 0.25) is 0 Å². The van der Waals surface area contributed by atoms with Crippen molar-refractivity contribution in [3.8, 4) is 5.75 Å². The van der Waals surface area contributed by atoms with Crippen LogP contribution in [0.1, 0.15) is 76.6 Å². The summed E-state index contributed by atoms with van der Waals surface area (Å²) in [5.41, 5.74) is 6.95. The standard InChI is InChI=1S/C37H46NOP/c1-8-28(4)36(5,6)32-24-27(3)25-33(35(32)39)37(7,9-2)40-34-23-17-16-18-29(34)26-38(30-19-12-10-13-20-30)31-21-14-11-15-22-31/h10-25,28,39-40H,8-9,26H2,1-7H3. The minimum Gasteiger partial charge on any atom is -0.507 e. The molecule has 4 rings (SSSR count). The zero-order valence-corrected chi connectivity index (χ0v) is 26.3. The number of hydrogen-bond donors (Lipinski definition) is 1. The molecule has 0 spiro atoms. The number of phenolic OH excluding ortho intramolecular Hbond substituents is 1. The summed E-state index contributed by atoms with van der Waals surface area (Å²) in [5, 5.41) is 13.0. The van der Waals surface area contributed by atoms with Crippen molar-refractivity contribution in [2.75, 3.05) is 4.90 Å². The highest BCUT2D eigenvalue weighted by atomic mass is 31.1. The molecule has 0 saturated carbocycles. The van der Waals surface area contributed by atoms with Crippen molar-refractivity contribution < 1.29 is 5.11 Å². The van der Waals surface area contributed by atoms with Gasteiger partial charge in [-0.3, -0.25) is 0 Å². The van der Waals surface area contributed by atoms with Crippen LogP contribution in [0, 0.1) is 12.8 Å². The molecular weight excluding hydrogens is 505 g/mol. The molecule has 0 aliphatic heterocycles. The Morgan fingerprint density at radius 1 is 0.775 bits per heavy atom. The van der Waals surface area contributed by atoms with E-state index < -0.39 is 0 Å². The highest BCUT2D eigenvalue weighted by molar-refractivity contribution is 7.48. The van der Waals surface area contributed by atoms with Crippen LogP contribution in [-0.2, 0) is 17.1 Å². The Kier molecular flexibility index (Phi) is 9.42. The van der Waals surface area contributed by atoms with Crippen molar-refractivity contribution in [3.63, 3.8) is 0 Å². The fraction of sp³-hybridized carbons (Fsp3) is 0.351. The highest BCUT2D eigenvalue weighted by Gasteiger charge is 2.35. The first-order valence-electron chi connectivity index (χ1n) is 14.7. The fourth-order valence-electron chi connectivity index (χ4n) is 5.61. The fourth-order valence-corrected chi connectivity index (χ4v) is 7.21. The maximum absolute atomic E-state index is 11.8. The first-order chi connectivity index (χ1) is 19.1. The third kappa shape index (κ3) is 6.29. The average molecular weight is 552 g/mol. The third-order valence-corrected chi connectivity index (χ3v) is 10.9. The zero-order valence-electron chi connectivity index (χ0n) is 25.3. The van der Waals surface area contributed by atoms with E-state index in [1.54, 1.807) is 0 Å². The number of aromatic hydroxyl groups is 1. The lowest BCUT2D eigenvalue weighted by atomic mass is 9.71. The van der Waals surface area contributed by atoms with E-state index >= 15 is 0 Å². The number of anilines is 2. The molecule has 0 aliphatic carbocycles. The molecule has 210 valence electrons. The van der Waals surface area contributed by atoms with Gasteiger partial charge in [-0.15, -0.1) is 0 Å². The summed E-state index contributed by atoms with van der Waals surface area (Å²) in [5.74, 6) is 0.950. The maximum atomic E-state index is 11.8. The Labute approximate surface area is 244 Å². The lowest BCUT2D eigenvalue weighted by molar-refractivity contribution is 0.319. The van der Waals surface area contributed by atoms with E-state index in [-0.39, 0.29) is 10.6 Å². The summed E-state index contributed by atoms with van der Waals surface area (Å²) in [6.07, 6.45) is 2.02. The van der Waals surface area contributed by atoms with Gasteiger partial charge in [0.25, 0.3) is 0 Å². The van der Waals surface area contributed by atoms with E-state index in [1.807, 2.05) is 0 Å². The van der Waals surface area contributed by atoms with Crippen LogP contribution in [0.2, 0.25) is 0 Å². The Hall–Kier alpha value is -3.09. The maximum Gasteiger partial charge on any atom is 0.123 e. The summed E-state index contributed by atoms with van der Waals surface area (Å²) in [6.45, 7) is 16.6. The van der Waals surface area contributed by atoms with Crippen molar-refractivity contribution in [2.24, 2.45) is 5.92 Å². The molecule has 0 aliphatic rings. The topological polar surface area (TPSA) is 23.5 Å². The Morgan fingerprint density at radius 2 is 1.30 bits per heavy atom. The predicted molar refractivity (Wildman–Crippen MR) is 176 cm³/mol. The molecule has 0 heterocycles. The summed E-state index contributed by atoms with van der Waals surface area (Å²) in [7, 11) is 0.520. The van der Waals surface area contributed by atoms with Crippen LogP contribution in [-0.4, -0.2) is 5.11 Å². The number of para-hydroxylation sites is 2. The first-order valence-corrected chi connectivity index (χ1v) is 15.7. The zero-order chi connectivity index (χ0) is 28.9. The van der Waals surface area contributed by atoms with Crippen LogP contribution < -0.4 is 10.2 Å². The molecule has 3 heteroatoms. The molecule has 0 fully saturated rings. The lowest BCUT2D eigenvalue weighted by Crippen LogP contribution is -2.28.